The van der Waals surface area contributed by atoms with E-state index in [0.29, 0.717) is 35.6 Å². The van der Waals surface area contributed by atoms with Crippen LogP contribution in [-0.2, 0) is 4.79 Å². The molecule has 0 saturated carbocycles. The van der Waals surface area contributed by atoms with Crippen molar-refractivity contribution in [3.05, 3.63) is 41.4 Å². The van der Waals surface area contributed by atoms with Crippen molar-refractivity contribution in [3.63, 3.8) is 0 Å². The smallest absolute Gasteiger partial charge is 0.225 e. The summed E-state index contributed by atoms with van der Waals surface area (Å²) in [5.41, 5.74) is 1.85. The second-order valence-electron chi connectivity index (χ2n) is 7.85. The van der Waals surface area contributed by atoms with E-state index in [1.54, 1.807) is 10.7 Å². The lowest BCUT2D eigenvalue weighted by Crippen LogP contribution is -2.20. The molecule has 3 aromatic heterocycles. The predicted octanol–water partition coefficient (Wildman–Crippen LogP) is 3.13. The van der Waals surface area contributed by atoms with Gasteiger partial charge in [-0.2, -0.15) is 5.10 Å². The van der Waals surface area contributed by atoms with Crippen molar-refractivity contribution in [1.82, 2.24) is 24.6 Å². The van der Waals surface area contributed by atoms with Gasteiger partial charge in [0.2, 0.25) is 5.91 Å². The number of hydrogen-bond acceptors (Lipinski definition) is 6. The molecule has 0 aliphatic carbocycles. The van der Waals surface area contributed by atoms with Crippen molar-refractivity contribution >= 4 is 11.7 Å². The van der Waals surface area contributed by atoms with E-state index in [-0.39, 0.29) is 5.91 Å². The van der Waals surface area contributed by atoms with Gasteiger partial charge in [-0.1, -0.05) is 0 Å². The van der Waals surface area contributed by atoms with Crippen LogP contribution in [0.15, 0.2) is 28.7 Å². The summed E-state index contributed by atoms with van der Waals surface area (Å²) >= 11 is 0. The number of hydrogen-bond donors (Lipinski definition) is 1. The molecule has 1 saturated heterocycles. The van der Waals surface area contributed by atoms with Gasteiger partial charge in [-0.15, -0.1) is 0 Å². The molecular weight excluding hydrogens is 368 g/mol. The highest BCUT2D eigenvalue weighted by atomic mass is 16.3. The lowest BCUT2D eigenvalue weighted by Gasteiger charge is -2.12. The van der Waals surface area contributed by atoms with Gasteiger partial charge in [-0.25, -0.2) is 14.6 Å². The monoisotopic (exact) mass is 394 g/mol. The molecule has 8 heteroatoms. The van der Waals surface area contributed by atoms with Gasteiger partial charge >= 0.3 is 0 Å². The van der Waals surface area contributed by atoms with Gasteiger partial charge in [0.25, 0.3) is 0 Å². The Morgan fingerprint density at radius 1 is 1.24 bits per heavy atom. The Bertz CT molecular complexity index is 1040. The van der Waals surface area contributed by atoms with Crippen LogP contribution in [0.5, 0.6) is 0 Å². The quantitative estimate of drug-likeness (QED) is 0.715. The number of likely N-dealkylation sites (tertiary alicyclic amines) is 1. The predicted molar refractivity (Wildman–Crippen MR) is 110 cm³/mol. The fraction of sp³-hybridized carbons (Fsp3) is 0.429. The minimum Gasteiger partial charge on any atom is -0.458 e. The van der Waals surface area contributed by atoms with Crippen molar-refractivity contribution in [2.75, 3.05) is 25.5 Å². The first-order chi connectivity index (χ1) is 13.9. The maximum absolute atomic E-state index is 12.6. The first-order valence-electron chi connectivity index (χ1n) is 9.85. The van der Waals surface area contributed by atoms with Gasteiger partial charge in [-0.05, 0) is 64.9 Å². The van der Waals surface area contributed by atoms with Gasteiger partial charge in [0.05, 0.1) is 5.69 Å². The Kier molecular flexibility index (Phi) is 5.19. The van der Waals surface area contributed by atoms with Crippen LogP contribution in [0.25, 0.3) is 17.4 Å². The van der Waals surface area contributed by atoms with E-state index in [2.05, 4.69) is 32.3 Å². The molecule has 0 spiro atoms. The maximum atomic E-state index is 12.6. The minimum atomic E-state index is -0.0371. The first kappa shape index (κ1) is 19.3. The van der Waals surface area contributed by atoms with Crippen molar-refractivity contribution in [3.8, 4) is 17.4 Å². The lowest BCUT2D eigenvalue weighted by atomic mass is 10.0. The third-order valence-electron chi connectivity index (χ3n) is 5.13. The largest absolute Gasteiger partial charge is 0.458 e. The number of nitrogens with zero attached hydrogens (tertiary/aromatic N) is 5. The van der Waals surface area contributed by atoms with Gasteiger partial charge in [-0.3, -0.25) is 4.79 Å². The molecule has 1 atom stereocenters. The van der Waals surface area contributed by atoms with Crippen molar-refractivity contribution < 1.29 is 9.21 Å². The van der Waals surface area contributed by atoms with E-state index >= 15 is 0 Å². The van der Waals surface area contributed by atoms with Crippen molar-refractivity contribution in [2.45, 2.75) is 33.6 Å². The average molecular weight is 394 g/mol. The third-order valence-corrected chi connectivity index (χ3v) is 5.13. The summed E-state index contributed by atoms with van der Waals surface area (Å²) in [6.45, 7) is 7.76. The number of furan rings is 1. The van der Waals surface area contributed by atoms with E-state index in [4.69, 9.17) is 4.42 Å². The van der Waals surface area contributed by atoms with Crippen LogP contribution < -0.4 is 5.32 Å². The molecule has 29 heavy (non-hydrogen) atoms. The van der Waals surface area contributed by atoms with Gasteiger partial charge in [0.15, 0.2) is 17.4 Å². The Morgan fingerprint density at radius 2 is 2.07 bits per heavy atom. The molecule has 1 N–H and O–H groups in total. The van der Waals surface area contributed by atoms with Crippen LogP contribution in [-0.4, -0.2) is 50.7 Å². The topological polar surface area (TPSA) is 89.1 Å². The molecule has 4 heterocycles. The molecule has 1 unspecified atom stereocenters. The number of amides is 1. The Morgan fingerprint density at radius 3 is 2.69 bits per heavy atom. The summed E-state index contributed by atoms with van der Waals surface area (Å²) < 4.78 is 7.45. The molecule has 1 aliphatic heterocycles. The van der Waals surface area contributed by atoms with Gasteiger partial charge < -0.3 is 14.6 Å². The molecule has 152 valence electrons. The second kappa shape index (κ2) is 7.79. The number of nitrogens with one attached hydrogen (secondary N) is 1. The Hall–Kier alpha value is -3.00. The zero-order chi connectivity index (χ0) is 20.5. The zero-order valence-electron chi connectivity index (χ0n) is 17.3. The first-order valence-corrected chi connectivity index (χ1v) is 9.85. The Balaban J connectivity index is 1.64. The number of rotatable bonds is 5. The normalized spacial score (nSPS) is 17.0. The third kappa shape index (κ3) is 4.37. The van der Waals surface area contributed by atoms with Crippen LogP contribution in [0.4, 0.5) is 5.82 Å². The van der Waals surface area contributed by atoms with E-state index in [9.17, 15) is 4.79 Å². The molecule has 1 amide bonds. The lowest BCUT2D eigenvalue weighted by molar-refractivity contribution is -0.117. The van der Waals surface area contributed by atoms with Crippen LogP contribution in [0.2, 0.25) is 0 Å². The molecule has 0 radical (unpaired) electrons. The fourth-order valence-electron chi connectivity index (χ4n) is 3.78. The molecule has 1 fully saturated rings. The van der Waals surface area contributed by atoms with Crippen molar-refractivity contribution in [2.24, 2.45) is 5.92 Å². The summed E-state index contributed by atoms with van der Waals surface area (Å²) in [4.78, 5) is 24.0. The summed E-state index contributed by atoms with van der Waals surface area (Å²) in [7, 11) is 2.08. The fourth-order valence-corrected chi connectivity index (χ4v) is 3.78. The number of aromatic nitrogens is 4. The van der Waals surface area contributed by atoms with Gasteiger partial charge in [0.1, 0.15) is 11.6 Å². The van der Waals surface area contributed by atoms with Crippen molar-refractivity contribution in [1.29, 1.82) is 0 Å². The number of aryl methyl sites for hydroxylation is 3. The molecule has 3 aromatic rings. The van der Waals surface area contributed by atoms with E-state index in [1.165, 1.54) is 0 Å². The molecule has 0 bridgehead atoms. The highest BCUT2D eigenvalue weighted by Gasteiger charge is 2.23. The SMILES string of the molecule is Cc1cc(C)n(-c2cc(NC(=O)CC3CCN(C)C3)nc(-c3ccc(C)o3)n2)n1. The number of carbonyl (C=O) groups is 1. The number of carbonyl (C=O) groups excluding carboxylic acids is 1. The number of anilines is 1. The summed E-state index contributed by atoms with van der Waals surface area (Å²) in [5.74, 6) is 3.12. The van der Waals surface area contributed by atoms with Crippen LogP contribution in [0.1, 0.15) is 30.0 Å². The molecular formula is C21H26N6O2. The molecule has 4 rings (SSSR count). The highest BCUT2D eigenvalue weighted by Crippen LogP contribution is 2.24. The molecule has 0 aromatic carbocycles. The minimum absolute atomic E-state index is 0.0371. The second-order valence-corrected chi connectivity index (χ2v) is 7.85. The van der Waals surface area contributed by atoms with Gasteiger partial charge in [0, 0.05) is 24.7 Å². The molecule has 1 aliphatic rings. The maximum Gasteiger partial charge on any atom is 0.225 e. The van der Waals surface area contributed by atoms with Crippen LogP contribution in [0.3, 0.4) is 0 Å². The highest BCUT2D eigenvalue weighted by molar-refractivity contribution is 5.90. The standard InChI is InChI=1S/C21H26N6O2/c1-13-9-14(2)27(25-13)19-11-18(22-20(28)10-16-7-8-26(4)12-16)23-21(24-19)17-6-5-15(3)29-17/h5-6,9,11,16H,7-8,10,12H2,1-4H3,(H,22,23,24,28). The van der Waals surface area contributed by atoms with E-state index in [1.807, 2.05) is 39.0 Å². The van der Waals surface area contributed by atoms with Crippen LogP contribution in [0, 0.1) is 26.7 Å². The average Bonchev–Trinajstić information content (AvgIpc) is 3.35. The summed E-state index contributed by atoms with van der Waals surface area (Å²) in [5, 5.41) is 7.46. The van der Waals surface area contributed by atoms with E-state index < -0.39 is 0 Å². The summed E-state index contributed by atoms with van der Waals surface area (Å²) in [6, 6.07) is 7.42. The van der Waals surface area contributed by atoms with E-state index in [0.717, 1.165) is 36.7 Å². The summed E-state index contributed by atoms with van der Waals surface area (Å²) in [6.07, 6.45) is 1.53. The zero-order valence-corrected chi connectivity index (χ0v) is 17.3. The Labute approximate surface area is 170 Å². The molecule has 8 nitrogen and oxygen atoms in total. The van der Waals surface area contributed by atoms with Crippen LogP contribution >= 0.6 is 0 Å².